The van der Waals surface area contributed by atoms with Gasteiger partial charge in [0.1, 0.15) is 11.3 Å². The molecule has 0 aliphatic carbocycles. The predicted molar refractivity (Wildman–Crippen MR) is 164 cm³/mol. The second-order valence-electron chi connectivity index (χ2n) is 11.5. The first-order chi connectivity index (χ1) is 20.8. The van der Waals surface area contributed by atoms with Crippen LogP contribution in [0.3, 0.4) is 0 Å². The molecule has 0 fully saturated rings. The normalized spacial score (nSPS) is 12.4. The lowest BCUT2D eigenvalue weighted by Gasteiger charge is -2.19. The molecule has 2 amide bonds. The van der Waals surface area contributed by atoms with Crippen molar-refractivity contribution in [2.45, 2.75) is 71.2 Å². The van der Waals surface area contributed by atoms with E-state index in [1.54, 1.807) is 51.1 Å². The van der Waals surface area contributed by atoms with Crippen LogP contribution in [0.25, 0.3) is 5.69 Å². The fourth-order valence-corrected chi connectivity index (χ4v) is 4.81. The number of amides is 2. The van der Waals surface area contributed by atoms with Crippen LogP contribution in [0.5, 0.6) is 0 Å². The monoisotopic (exact) mass is 606 g/mol. The van der Waals surface area contributed by atoms with Gasteiger partial charge in [-0.25, -0.2) is 9.48 Å². The van der Waals surface area contributed by atoms with Crippen LogP contribution >= 0.6 is 0 Å². The third-order valence-electron chi connectivity index (χ3n) is 6.82. The first kappa shape index (κ1) is 32.3. The van der Waals surface area contributed by atoms with Crippen LogP contribution in [-0.4, -0.2) is 27.4 Å². The van der Waals surface area contributed by atoms with E-state index in [1.807, 2.05) is 36.4 Å². The van der Waals surface area contributed by atoms with Crippen molar-refractivity contribution in [3.8, 4) is 5.69 Å². The summed E-state index contributed by atoms with van der Waals surface area (Å²) < 4.78 is 47.5. The zero-order chi connectivity index (χ0) is 31.9. The number of alkyl carbamates (subject to hydrolysis) is 1. The minimum absolute atomic E-state index is 0.0606. The number of nitrogens with zero attached hydrogens (tertiary/aromatic N) is 2. The van der Waals surface area contributed by atoms with Crippen molar-refractivity contribution >= 4 is 17.7 Å². The van der Waals surface area contributed by atoms with Crippen molar-refractivity contribution in [3.63, 3.8) is 0 Å². The molecular weight excluding hydrogens is 569 g/mol. The molecule has 4 rings (SSSR count). The van der Waals surface area contributed by atoms with Crippen LogP contribution in [0.15, 0.2) is 84.9 Å². The number of aromatic nitrogens is 2. The van der Waals surface area contributed by atoms with Gasteiger partial charge < -0.3 is 15.4 Å². The summed E-state index contributed by atoms with van der Waals surface area (Å²) in [6, 6.07) is 24.6. The quantitative estimate of drug-likeness (QED) is 0.190. The highest BCUT2D eigenvalue weighted by molar-refractivity contribution is 6.03. The molecule has 0 aliphatic rings. The Bertz CT molecular complexity index is 1580. The van der Waals surface area contributed by atoms with Gasteiger partial charge in [0.05, 0.1) is 5.69 Å². The molecule has 0 bridgehead atoms. The van der Waals surface area contributed by atoms with E-state index >= 15 is 0 Å². The van der Waals surface area contributed by atoms with Crippen LogP contribution in [0, 0.1) is 0 Å². The van der Waals surface area contributed by atoms with Gasteiger partial charge in [-0.1, -0.05) is 74.4 Å². The third-order valence-corrected chi connectivity index (χ3v) is 6.82. The Labute approximate surface area is 255 Å². The van der Waals surface area contributed by atoms with Crippen molar-refractivity contribution < 1.29 is 27.5 Å². The van der Waals surface area contributed by atoms with E-state index in [2.05, 4.69) is 34.8 Å². The first-order valence-electron chi connectivity index (χ1n) is 14.5. The molecule has 1 atom stereocenters. The predicted octanol–water partition coefficient (Wildman–Crippen LogP) is 8.49. The molecular formula is C34H37F3N4O3. The molecule has 7 nitrogen and oxygen atoms in total. The van der Waals surface area contributed by atoms with Crippen LogP contribution in [0.4, 0.5) is 23.7 Å². The maximum atomic E-state index is 13.7. The Kier molecular flexibility index (Phi) is 10.1. The highest BCUT2D eigenvalue weighted by atomic mass is 19.4. The molecule has 1 aromatic heterocycles. The van der Waals surface area contributed by atoms with Crippen LogP contribution in [0.2, 0.25) is 0 Å². The lowest BCUT2D eigenvalue weighted by molar-refractivity contribution is -0.141. The zero-order valence-electron chi connectivity index (χ0n) is 25.2. The van der Waals surface area contributed by atoms with E-state index in [1.165, 1.54) is 0 Å². The molecule has 44 heavy (non-hydrogen) atoms. The standard InChI is InChI=1S/C34H37F3N4O3/c1-5-6-18-28(24-13-8-7-9-14-24)25-15-11-16-26(20-25)39-31(42)29-21-30(34(35,36)37)40-41(29)27-17-10-12-23(19-27)22-38-32(43)44-33(2,3)4/h7-17,19-21,28H,5-6,18,22H2,1-4H3,(H,38,43)(H,39,42). The first-order valence-corrected chi connectivity index (χ1v) is 14.5. The van der Waals surface area contributed by atoms with Gasteiger partial charge >= 0.3 is 12.3 Å². The average molecular weight is 607 g/mol. The molecule has 0 aliphatic heterocycles. The van der Waals surface area contributed by atoms with Crippen LogP contribution in [0.1, 0.15) is 85.7 Å². The van der Waals surface area contributed by atoms with Crippen molar-refractivity contribution in [2.24, 2.45) is 0 Å². The Balaban J connectivity index is 1.61. The Morgan fingerprint density at radius 3 is 2.30 bits per heavy atom. The van der Waals surface area contributed by atoms with E-state index in [-0.39, 0.29) is 23.8 Å². The summed E-state index contributed by atoms with van der Waals surface area (Å²) >= 11 is 0. The lowest BCUT2D eigenvalue weighted by Crippen LogP contribution is -2.32. The van der Waals surface area contributed by atoms with Gasteiger partial charge in [0.2, 0.25) is 0 Å². The molecule has 232 valence electrons. The van der Waals surface area contributed by atoms with Gasteiger partial charge in [-0.05, 0) is 68.1 Å². The van der Waals surface area contributed by atoms with Gasteiger partial charge in [-0.3, -0.25) is 4.79 Å². The van der Waals surface area contributed by atoms with E-state index in [4.69, 9.17) is 4.74 Å². The third kappa shape index (κ3) is 8.72. The van der Waals surface area contributed by atoms with Gasteiger partial charge in [0.15, 0.2) is 5.69 Å². The summed E-state index contributed by atoms with van der Waals surface area (Å²) in [4.78, 5) is 25.6. The molecule has 0 saturated carbocycles. The largest absolute Gasteiger partial charge is 0.444 e. The number of halogens is 3. The zero-order valence-corrected chi connectivity index (χ0v) is 25.2. The fraction of sp³-hybridized carbons (Fsp3) is 0.324. The number of nitrogens with one attached hydrogen (secondary N) is 2. The topological polar surface area (TPSA) is 85.3 Å². The summed E-state index contributed by atoms with van der Waals surface area (Å²) in [6.45, 7) is 7.40. The van der Waals surface area contributed by atoms with Crippen molar-refractivity contribution in [2.75, 3.05) is 5.32 Å². The maximum Gasteiger partial charge on any atom is 0.435 e. The Morgan fingerprint density at radius 1 is 0.909 bits per heavy atom. The fourth-order valence-electron chi connectivity index (χ4n) is 4.81. The second kappa shape index (κ2) is 13.8. The highest BCUT2D eigenvalue weighted by Gasteiger charge is 2.36. The molecule has 4 aromatic rings. The van der Waals surface area contributed by atoms with Crippen molar-refractivity contribution in [3.05, 3.63) is 113 Å². The number of hydrogen-bond acceptors (Lipinski definition) is 4. The molecule has 1 unspecified atom stereocenters. The molecule has 0 radical (unpaired) electrons. The molecule has 10 heteroatoms. The number of carbonyl (C=O) groups excluding carboxylic acids is 2. The summed E-state index contributed by atoms with van der Waals surface area (Å²) in [5, 5.41) is 9.13. The van der Waals surface area contributed by atoms with Gasteiger partial charge in [-0.2, -0.15) is 18.3 Å². The second-order valence-corrected chi connectivity index (χ2v) is 11.5. The van der Waals surface area contributed by atoms with E-state index in [0.29, 0.717) is 11.3 Å². The van der Waals surface area contributed by atoms with Crippen molar-refractivity contribution in [1.29, 1.82) is 0 Å². The van der Waals surface area contributed by atoms with Crippen molar-refractivity contribution in [1.82, 2.24) is 15.1 Å². The smallest absolute Gasteiger partial charge is 0.435 e. The molecule has 2 N–H and O–H groups in total. The van der Waals surface area contributed by atoms with E-state index in [9.17, 15) is 22.8 Å². The lowest BCUT2D eigenvalue weighted by atomic mass is 9.87. The summed E-state index contributed by atoms with van der Waals surface area (Å²) in [6.07, 6.45) is -2.43. The number of carbonyl (C=O) groups is 2. The van der Waals surface area contributed by atoms with E-state index < -0.39 is 29.5 Å². The van der Waals surface area contributed by atoms with E-state index in [0.717, 1.165) is 41.1 Å². The number of anilines is 1. The highest BCUT2D eigenvalue weighted by Crippen LogP contribution is 2.32. The summed E-state index contributed by atoms with van der Waals surface area (Å²) in [5.74, 6) is -0.639. The minimum atomic E-state index is -4.77. The van der Waals surface area contributed by atoms with Gasteiger partial charge in [0, 0.05) is 24.2 Å². The number of benzene rings is 3. The molecule has 1 heterocycles. The number of unbranched alkanes of at least 4 members (excludes halogenated alkanes) is 1. The maximum absolute atomic E-state index is 13.7. The number of ether oxygens (including phenoxy) is 1. The molecule has 0 saturated heterocycles. The van der Waals surface area contributed by atoms with Crippen LogP contribution < -0.4 is 10.6 Å². The summed E-state index contributed by atoms with van der Waals surface area (Å²) in [5.41, 5.74) is 1.25. The number of hydrogen-bond donors (Lipinski definition) is 2. The van der Waals surface area contributed by atoms with Crippen LogP contribution in [-0.2, 0) is 17.5 Å². The number of alkyl halides is 3. The molecule has 3 aromatic carbocycles. The van der Waals surface area contributed by atoms with Gasteiger partial charge in [-0.15, -0.1) is 0 Å². The minimum Gasteiger partial charge on any atom is -0.444 e. The summed E-state index contributed by atoms with van der Waals surface area (Å²) in [7, 11) is 0. The average Bonchev–Trinajstić information content (AvgIpc) is 3.43. The molecule has 0 spiro atoms. The SMILES string of the molecule is CCCCC(c1ccccc1)c1cccc(NC(=O)c2cc(C(F)(F)F)nn2-c2cccc(CNC(=O)OC(C)(C)C)c2)c1. The van der Waals surface area contributed by atoms with Gasteiger partial charge in [0.25, 0.3) is 5.91 Å². The Morgan fingerprint density at radius 2 is 1.61 bits per heavy atom. The Hall–Kier alpha value is -4.60. The number of rotatable bonds is 10.